The summed E-state index contributed by atoms with van der Waals surface area (Å²) in [7, 11) is -5.67. The zero-order valence-electron chi connectivity index (χ0n) is 27.8. The van der Waals surface area contributed by atoms with Crippen LogP contribution in [0.2, 0.25) is 16.6 Å². The predicted octanol–water partition coefficient (Wildman–Crippen LogP) is 9.30. The Bertz CT molecular complexity index is 2620. The Morgan fingerprint density at radius 2 is 1.32 bits per heavy atom. The molecule has 0 radical (unpaired) electrons. The highest BCUT2D eigenvalue weighted by molar-refractivity contribution is 8.01. The minimum absolute atomic E-state index is 0.371. The molecule has 1 aromatic heterocycles. The Labute approximate surface area is 282 Å². The average Bonchev–Trinajstić information content (AvgIpc) is 3.72. The molecule has 4 aromatic carbocycles. The van der Waals surface area contributed by atoms with Gasteiger partial charge in [-0.1, -0.05) is 89.8 Å². The number of allylic oxidation sites excluding steroid dienone is 1. The zero-order chi connectivity index (χ0) is 33.0. The van der Waals surface area contributed by atoms with Crippen LogP contribution in [0.15, 0.2) is 77.7 Å². The Morgan fingerprint density at radius 3 is 2.00 bits per heavy atom. The van der Waals surface area contributed by atoms with E-state index in [0.29, 0.717) is 26.4 Å². The van der Waals surface area contributed by atoms with Gasteiger partial charge in [0.15, 0.2) is 0 Å². The first-order valence-corrected chi connectivity index (χ1v) is 21.0. The molecule has 2 nitrogen and oxygen atoms in total. The zero-order valence-corrected chi connectivity index (χ0v) is 30.4. The van der Waals surface area contributed by atoms with E-state index in [4.69, 9.17) is 0 Å². The van der Waals surface area contributed by atoms with Crippen LogP contribution in [0.25, 0.3) is 52.9 Å². The fraction of sp³-hybridized carbons (Fsp3) is 0.238. The van der Waals surface area contributed by atoms with Crippen LogP contribution < -0.4 is 10.4 Å². The third-order valence-electron chi connectivity index (χ3n) is 10.7. The smallest absolute Gasteiger partial charge is 0.208 e. The summed E-state index contributed by atoms with van der Waals surface area (Å²) in [5.41, 5.74) is 12.2. The fourth-order valence-corrected chi connectivity index (χ4v) is 17.0. The summed E-state index contributed by atoms with van der Waals surface area (Å²) in [6.45, 7) is 16.0. The first kappa shape index (κ1) is 30.2. The maximum absolute atomic E-state index is 14.0. The summed E-state index contributed by atoms with van der Waals surface area (Å²) in [5.74, 6) is 10.2. The first-order chi connectivity index (χ1) is 22.5. The van der Waals surface area contributed by atoms with E-state index in [2.05, 4.69) is 113 Å². The standard InChI is InChI=1S/C42H36O2S2Si/c1-8-13-29-34-21-27-22-35-33(20-28(27)23-36(34)42-40(29)32-15-10-12-17-38(32)46(42,43)44)30(18-19-47(24(2)3,25(4)5)26(6)7)39-31-14-9-11-16-37(31)45-41(35)39/h9-12,14-17,20-26H,1-7H3. The normalized spacial score (nSPS) is 15.5. The lowest BCUT2D eigenvalue weighted by molar-refractivity contribution is 0.606. The van der Waals surface area contributed by atoms with Crippen molar-refractivity contribution in [1.82, 2.24) is 0 Å². The van der Waals surface area contributed by atoms with Gasteiger partial charge in [-0.05, 0) is 75.9 Å². The van der Waals surface area contributed by atoms with Gasteiger partial charge >= 0.3 is 0 Å². The van der Waals surface area contributed by atoms with Crippen LogP contribution in [-0.2, 0) is 9.84 Å². The summed E-state index contributed by atoms with van der Waals surface area (Å²) in [5, 5.41) is 5.40. The second kappa shape index (κ2) is 10.4. The molecule has 0 bridgehead atoms. The summed E-state index contributed by atoms with van der Waals surface area (Å²) < 4.78 is 29.3. The lowest BCUT2D eigenvalue weighted by atomic mass is 9.99. The third kappa shape index (κ3) is 4.01. The molecule has 0 N–H and O–H groups in total. The average molecular weight is 665 g/mol. The molecule has 2 aliphatic carbocycles. The molecule has 3 aliphatic rings. The van der Waals surface area contributed by atoms with Crippen molar-refractivity contribution in [3.63, 3.8) is 0 Å². The number of fused-ring (bicyclic) bond motifs is 10. The predicted molar refractivity (Wildman–Crippen MR) is 203 cm³/mol. The van der Waals surface area contributed by atoms with Gasteiger partial charge in [0.2, 0.25) is 9.84 Å². The van der Waals surface area contributed by atoms with Gasteiger partial charge in [0, 0.05) is 59.2 Å². The van der Waals surface area contributed by atoms with Crippen LogP contribution in [0, 0.1) is 23.3 Å². The Hall–Kier alpha value is -4.13. The van der Waals surface area contributed by atoms with Gasteiger partial charge in [-0.15, -0.1) is 22.8 Å². The quantitative estimate of drug-likeness (QED) is 0.142. The summed E-state index contributed by atoms with van der Waals surface area (Å²) in [6.07, 6.45) is 0. The molecule has 0 spiro atoms. The second-order valence-corrected chi connectivity index (χ2v) is 22.4. The number of hydrogen-bond donors (Lipinski definition) is 0. The highest BCUT2D eigenvalue weighted by atomic mass is 32.2. The van der Waals surface area contributed by atoms with Crippen molar-refractivity contribution in [1.29, 1.82) is 0 Å². The van der Waals surface area contributed by atoms with Crippen molar-refractivity contribution in [2.24, 2.45) is 0 Å². The summed E-state index contributed by atoms with van der Waals surface area (Å²) in [4.78, 5) is 2.04. The molecule has 0 saturated heterocycles. The third-order valence-corrected chi connectivity index (χ3v) is 20.1. The molecule has 5 aromatic rings. The Morgan fingerprint density at radius 1 is 0.702 bits per heavy atom. The van der Waals surface area contributed by atoms with E-state index in [1.807, 2.05) is 30.4 Å². The fourth-order valence-electron chi connectivity index (χ4n) is 8.68. The van der Waals surface area contributed by atoms with Gasteiger partial charge in [-0.2, -0.15) is 0 Å². The van der Waals surface area contributed by atoms with Gasteiger partial charge in [-0.3, -0.25) is 0 Å². The monoisotopic (exact) mass is 664 g/mol. The van der Waals surface area contributed by atoms with Crippen molar-refractivity contribution >= 4 is 71.7 Å². The van der Waals surface area contributed by atoms with Crippen LogP contribution in [0.4, 0.5) is 0 Å². The molecule has 8 rings (SSSR count). The second-order valence-electron chi connectivity index (χ2n) is 13.9. The lowest BCUT2D eigenvalue weighted by Gasteiger charge is -2.38. The van der Waals surface area contributed by atoms with E-state index in [-0.39, 0.29) is 0 Å². The molecule has 0 atom stereocenters. The van der Waals surface area contributed by atoms with Crippen LogP contribution in [-0.4, -0.2) is 16.5 Å². The number of thiophene rings is 1. The van der Waals surface area contributed by atoms with E-state index in [1.165, 1.54) is 26.1 Å². The van der Waals surface area contributed by atoms with E-state index in [1.54, 1.807) is 12.1 Å². The van der Waals surface area contributed by atoms with Crippen molar-refractivity contribution in [3.8, 4) is 33.7 Å². The molecule has 47 heavy (non-hydrogen) atoms. The molecular formula is C42H36O2S2Si. The van der Waals surface area contributed by atoms with E-state index in [0.717, 1.165) is 49.1 Å². The largest absolute Gasteiger partial charge is 0.218 e. The maximum Gasteiger partial charge on any atom is 0.208 e. The number of benzene rings is 4. The number of sulfone groups is 1. The summed E-state index contributed by atoms with van der Waals surface area (Å²) >= 11 is 1.84. The van der Waals surface area contributed by atoms with E-state index >= 15 is 0 Å². The molecule has 0 fully saturated rings. The Balaban J connectivity index is 1.46. The molecule has 5 heteroatoms. The van der Waals surface area contributed by atoms with Crippen LogP contribution in [0.3, 0.4) is 0 Å². The van der Waals surface area contributed by atoms with Crippen molar-refractivity contribution in [3.05, 3.63) is 99.9 Å². The van der Waals surface area contributed by atoms with Crippen LogP contribution in [0.1, 0.15) is 65.2 Å². The van der Waals surface area contributed by atoms with Crippen molar-refractivity contribution < 1.29 is 8.42 Å². The SMILES string of the molecule is CC#CC1=c2cc3cc4c(cc3cc2C2=C1c1ccccc1S2(=O)=O)=C(C#C[Si](C(C)C)(C(C)C)C(C)C)c1c-4sc2ccccc12. The molecule has 0 saturated carbocycles. The highest BCUT2D eigenvalue weighted by Gasteiger charge is 2.43. The molecular weight excluding hydrogens is 629 g/mol. The molecule has 2 heterocycles. The minimum atomic E-state index is -3.68. The molecule has 1 aliphatic heterocycles. The van der Waals surface area contributed by atoms with E-state index in [9.17, 15) is 8.42 Å². The minimum Gasteiger partial charge on any atom is -0.218 e. The topological polar surface area (TPSA) is 34.1 Å². The molecule has 0 amide bonds. The van der Waals surface area contributed by atoms with Crippen LogP contribution in [0.5, 0.6) is 0 Å². The number of rotatable bonds is 3. The van der Waals surface area contributed by atoms with Gasteiger partial charge in [0.1, 0.15) is 8.07 Å². The summed E-state index contributed by atoms with van der Waals surface area (Å²) in [6, 6.07) is 24.8. The highest BCUT2D eigenvalue weighted by Crippen LogP contribution is 2.50. The number of hydrogen-bond acceptors (Lipinski definition) is 3. The van der Waals surface area contributed by atoms with Gasteiger partial charge < -0.3 is 0 Å². The van der Waals surface area contributed by atoms with Gasteiger partial charge in [0.25, 0.3) is 0 Å². The van der Waals surface area contributed by atoms with E-state index < -0.39 is 17.9 Å². The Kier molecular flexibility index (Phi) is 6.71. The molecule has 232 valence electrons. The first-order valence-electron chi connectivity index (χ1n) is 16.4. The van der Waals surface area contributed by atoms with Crippen LogP contribution >= 0.6 is 11.3 Å². The van der Waals surface area contributed by atoms with Crippen molar-refractivity contribution in [2.75, 3.05) is 0 Å². The lowest BCUT2D eigenvalue weighted by Crippen LogP contribution is -2.43. The molecule has 0 unspecified atom stereocenters. The van der Waals surface area contributed by atoms with Crippen molar-refractivity contribution in [2.45, 2.75) is 70.0 Å². The maximum atomic E-state index is 14.0. The van der Waals surface area contributed by atoms with Gasteiger partial charge in [-0.25, -0.2) is 8.42 Å². The van der Waals surface area contributed by atoms with Gasteiger partial charge in [0.05, 0.1) is 9.80 Å².